The summed E-state index contributed by atoms with van der Waals surface area (Å²) in [5.41, 5.74) is 1.49. The third-order valence-electron chi connectivity index (χ3n) is 5.72. The van der Waals surface area contributed by atoms with E-state index in [4.69, 9.17) is 27.9 Å². The molecule has 0 aliphatic rings. The van der Waals surface area contributed by atoms with E-state index in [1.807, 2.05) is 13.8 Å². The standard InChI is InChI=1S/C26H21Cl2F3N2O2/c1-3-32(4-2)26(34)35-24-6-5-23-19(25(24)15-9-16(27)11-17(28)10-15)7-8-33(23)14-20-21(30)12-18(29)13-22(20)31/h5-13H,3-4,14H2,1-2H3. The fourth-order valence-electron chi connectivity index (χ4n) is 4.01. The summed E-state index contributed by atoms with van der Waals surface area (Å²) in [5, 5.41) is 1.43. The molecule has 0 saturated heterocycles. The van der Waals surface area contributed by atoms with E-state index in [1.54, 1.807) is 47.2 Å². The van der Waals surface area contributed by atoms with Gasteiger partial charge in [0, 0.05) is 63.5 Å². The number of aromatic nitrogens is 1. The molecule has 0 unspecified atom stereocenters. The molecular formula is C26H21Cl2F3N2O2. The van der Waals surface area contributed by atoms with Gasteiger partial charge in [0.25, 0.3) is 0 Å². The van der Waals surface area contributed by atoms with Gasteiger partial charge in [-0.05, 0) is 55.8 Å². The van der Waals surface area contributed by atoms with Crippen molar-refractivity contribution < 1.29 is 22.7 Å². The molecule has 0 N–H and O–H groups in total. The Bertz CT molecular complexity index is 1370. The van der Waals surface area contributed by atoms with Crippen LogP contribution in [-0.4, -0.2) is 28.6 Å². The zero-order valence-electron chi connectivity index (χ0n) is 18.9. The highest BCUT2D eigenvalue weighted by Gasteiger charge is 2.20. The third kappa shape index (κ3) is 5.11. The van der Waals surface area contributed by atoms with Gasteiger partial charge in [-0.25, -0.2) is 18.0 Å². The van der Waals surface area contributed by atoms with E-state index in [1.165, 1.54) is 4.90 Å². The molecule has 1 aromatic heterocycles. The summed E-state index contributed by atoms with van der Waals surface area (Å²) in [6.45, 7) is 4.47. The number of fused-ring (bicyclic) bond motifs is 1. The first-order valence-electron chi connectivity index (χ1n) is 10.9. The second-order valence-corrected chi connectivity index (χ2v) is 8.73. The van der Waals surface area contributed by atoms with E-state index in [9.17, 15) is 18.0 Å². The summed E-state index contributed by atoms with van der Waals surface area (Å²) in [7, 11) is 0. The highest BCUT2D eigenvalue weighted by Crippen LogP contribution is 2.40. The fourth-order valence-corrected chi connectivity index (χ4v) is 4.53. The fraction of sp³-hybridized carbons (Fsp3) is 0.192. The average Bonchev–Trinajstić information content (AvgIpc) is 3.19. The third-order valence-corrected chi connectivity index (χ3v) is 6.16. The monoisotopic (exact) mass is 520 g/mol. The zero-order chi connectivity index (χ0) is 25.3. The molecule has 0 radical (unpaired) electrons. The summed E-state index contributed by atoms with van der Waals surface area (Å²) >= 11 is 12.5. The van der Waals surface area contributed by atoms with Gasteiger partial charge < -0.3 is 14.2 Å². The number of carbonyl (C=O) groups excluding carboxylic acids is 1. The predicted molar refractivity (Wildman–Crippen MR) is 132 cm³/mol. The summed E-state index contributed by atoms with van der Waals surface area (Å²) < 4.78 is 49.3. The van der Waals surface area contributed by atoms with Crippen molar-refractivity contribution in [1.29, 1.82) is 0 Å². The van der Waals surface area contributed by atoms with Crippen molar-refractivity contribution in [3.63, 3.8) is 0 Å². The van der Waals surface area contributed by atoms with Crippen LogP contribution in [0.15, 0.2) is 54.7 Å². The van der Waals surface area contributed by atoms with Crippen LogP contribution in [-0.2, 0) is 6.54 Å². The lowest BCUT2D eigenvalue weighted by molar-refractivity contribution is 0.157. The van der Waals surface area contributed by atoms with Crippen molar-refractivity contribution in [1.82, 2.24) is 9.47 Å². The molecule has 4 aromatic rings. The van der Waals surface area contributed by atoms with Gasteiger partial charge in [-0.15, -0.1) is 0 Å². The minimum Gasteiger partial charge on any atom is -0.410 e. The van der Waals surface area contributed by atoms with Gasteiger partial charge in [-0.3, -0.25) is 0 Å². The number of amides is 1. The molecule has 4 rings (SSSR count). The van der Waals surface area contributed by atoms with Crippen LogP contribution in [0.3, 0.4) is 0 Å². The molecule has 1 heterocycles. The van der Waals surface area contributed by atoms with Crippen LogP contribution in [0.2, 0.25) is 10.0 Å². The van der Waals surface area contributed by atoms with Crippen molar-refractivity contribution in [2.24, 2.45) is 0 Å². The Morgan fingerprint density at radius 2 is 1.57 bits per heavy atom. The van der Waals surface area contributed by atoms with Crippen molar-refractivity contribution in [2.45, 2.75) is 20.4 Å². The predicted octanol–water partition coefficient (Wildman–Crippen LogP) is 7.92. The van der Waals surface area contributed by atoms with E-state index >= 15 is 0 Å². The minimum atomic E-state index is -0.985. The SMILES string of the molecule is CCN(CC)C(=O)Oc1ccc2c(ccn2Cc2c(F)cc(F)cc2F)c1-c1cc(Cl)cc(Cl)c1. The maximum atomic E-state index is 14.3. The molecule has 182 valence electrons. The van der Waals surface area contributed by atoms with Gasteiger partial charge in [0.2, 0.25) is 0 Å². The number of halogens is 5. The maximum Gasteiger partial charge on any atom is 0.415 e. The normalized spacial score (nSPS) is 11.2. The maximum absolute atomic E-state index is 14.3. The molecule has 0 spiro atoms. The first-order chi connectivity index (χ1) is 16.7. The minimum absolute atomic E-state index is 0.171. The van der Waals surface area contributed by atoms with Crippen molar-refractivity contribution in [2.75, 3.05) is 13.1 Å². The van der Waals surface area contributed by atoms with Crippen molar-refractivity contribution in [3.8, 4) is 16.9 Å². The molecular weight excluding hydrogens is 500 g/mol. The second kappa shape index (κ2) is 10.2. The lowest BCUT2D eigenvalue weighted by Crippen LogP contribution is -2.33. The van der Waals surface area contributed by atoms with E-state index in [-0.39, 0.29) is 17.9 Å². The van der Waals surface area contributed by atoms with Gasteiger partial charge in [-0.2, -0.15) is 0 Å². The molecule has 3 aromatic carbocycles. The second-order valence-electron chi connectivity index (χ2n) is 7.86. The van der Waals surface area contributed by atoms with E-state index in [2.05, 4.69) is 0 Å². The van der Waals surface area contributed by atoms with E-state index in [0.717, 1.165) is 0 Å². The molecule has 0 atom stereocenters. The summed E-state index contributed by atoms with van der Waals surface area (Å²) in [6.07, 6.45) is 1.14. The highest BCUT2D eigenvalue weighted by atomic mass is 35.5. The van der Waals surface area contributed by atoms with E-state index < -0.39 is 23.5 Å². The number of rotatable bonds is 6. The Morgan fingerprint density at radius 3 is 2.17 bits per heavy atom. The Balaban J connectivity index is 1.87. The van der Waals surface area contributed by atoms with Crippen LogP contribution < -0.4 is 4.74 Å². The molecule has 0 bridgehead atoms. The molecule has 0 saturated carbocycles. The van der Waals surface area contributed by atoms with Crippen LogP contribution in [0, 0.1) is 17.5 Å². The number of nitrogens with zero attached hydrogens (tertiary/aromatic N) is 2. The molecule has 0 aliphatic carbocycles. The van der Waals surface area contributed by atoms with Gasteiger partial charge in [0.1, 0.15) is 23.2 Å². The van der Waals surface area contributed by atoms with Gasteiger partial charge in [-0.1, -0.05) is 23.2 Å². The largest absolute Gasteiger partial charge is 0.415 e. The molecule has 9 heteroatoms. The smallest absolute Gasteiger partial charge is 0.410 e. The van der Waals surface area contributed by atoms with Crippen LogP contribution in [0.4, 0.5) is 18.0 Å². The Kier molecular flexibility index (Phi) is 7.28. The van der Waals surface area contributed by atoms with Crippen molar-refractivity contribution in [3.05, 3.63) is 87.8 Å². The number of benzene rings is 3. The van der Waals surface area contributed by atoms with Crippen LogP contribution in [0.1, 0.15) is 19.4 Å². The number of carbonyl (C=O) groups is 1. The molecule has 0 aliphatic heterocycles. The Hall–Kier alpha value is -3.16. The van der Waals surface area contributed by atoms with Crippen LogP contribution in [0.5, 0.6) is 5.75 Å². The first kappa shape index (κ1) is 24.9. The van der Waals surface area contributed by atoms with Crippen LogP contribution in [0.25, 0.3) is 22.0 Å². The summed E-state index contributed by atoms with van der Waals surface area (Å²) in [6, 6.07) is 11.3. The van der Waals surface area contributed by atoms with Crippen LogP contribution >= 0.6 is 23.2 Å². The number of ether oxygens (including phenoxy) is 1. The molecule has 1 amide bonds. The number of hydrogen-bond donors (Lipinski definition) is 0. The topological polar surface area (TPSA) is 34.5 Å². The summed E-state index contributed by atoms with van der Waals surface area (Å²) in [4.78, 5) is 14.2. The van der Waals surface area contributed by atoms with Gasteiger partial charge >= 0.3 is 6.09 Å². The molecule has 4 nitrogen and oxygen atoms in total. The Morgan fingerprint density at radius 1 is 0.943 bits per heavy atom. The van der Waals surface area contributed by atoms with Crippen molar-refractivity contribution >= 4 is 40.2 Å². The lowest BCUT2D eigenvalue weighted by Gasteiger charge is -2.20. The molecule has 0 fully saturated rings. The summed E-state index contributed by atoms with van der Waals surface area (Å²) in [5.74, 6) is -2.66. The molecule has 35 heavy (non-hydrogen) atoms. The lowest BCUT2D eigenvalue weighted by atomic mass is 10.0. The quantitative estimate of drug-likeness (QED) is 0.258. The highest BCUT2D eigenvalue weighted by molar-refractivity contribution is 6.35. The van der Waals surface area contributed by atoms with Gasteiger partial charge in [0.05, 0.1) is 6.54 Å². The average molecular weight is 521 g/mol. The Labute approximate surface area is 210 Å². The van der Waals surface area contributed by atoms with E-state index in [0.29, 0.717) is 57.3 Å². The zero-order valence-corrected chi connectivity index (χ0v) is 20.4. The first-order valence-corrected chi connectivity index (χ1v) is 11.7. The van der Waals surface area contributed by atoms with Gasteiger partial charge in [0.15, 0.2) is 0 Å². The number of hydrogen-bond acceptors (Lipinski definition) is 2.